The Hall–Kier alpha value is -2.41. The van der Waals surface area contributed by atoms with E-state index in [2.05, 4.69) is 15.2 Å². The number of para-hydroxylation sites is 1. The maximum atomic E-state index is 10.1. The van der Waals surface area contributed by atoms with E-state index in [1.807, 2.05) is 24.3 Å². The predicted octanol–water partition coefficient (Wildman–Crippen LogP) is 3.56. The summed E-state index contributed by atoms with van der Waals surface area (Å²) in [6.45, 7) is 3.86. The Balaban J connectivity index is 1.70. The van der Waals surface area contributed by atoms with Crippen molar-refractivity contribution in [1.29, 1.82) is 0 Å². The summed E-state index contributed by atoms with van der Waals surface area (Å²) in [7, 11) is 0. The van der Waals surface area contributed by atoms with Crippen LogP contribution >= 0.6 is 11.6 Å². The Morgan fingerprint density at radius 2 is 1.92 bits per heavy atom. The van der Waals surface area contributed by atoms with E-state index in [1.54, 1.807) is 18.2 Å². The highest BCUT2D eigenvalue weighted by molar-refractivity contribution is 6.31. The summed E-state index contributed by atoms with van der Waals surface area (Å²) in [5, 5.41) is 14.7. The fourth-order valence-electron chi connectivity index (χ4n) is 2.99. The van der Waals surface area contributed by atoms with Crippen LogP contribution in [0.1, 0.15) is 5.82 Å². The van der Waals surface area contributed by atoms with Crippen molar-refractivity contribution < 1.29 is 9.84 Å². The molecule has 1 aromatic heterocycles. The number of nitrogens with zero attached hydrogens (tertiary/aromatic N) is 3. The molecule has 0 unspecified atom stereocenters. The van der Waals surface area contributed by atoms with Crippen LogP contribution < -0.4 is 5.32 Å². The number of fused-ring (bicyclic) bond motifs is 1. The van der Waals surface area contributed by atoms with Crippen LogP contribution in [-0.4, -0.2) is 46.3 Å². The summed E-state index contributed by atoms with van der Waals surface area (Å²) in [6.07, 6.45) is 0. The van der Waals surface area contributed by atoms with Gasteiger partial charge < -0.3 is 15.2 Å². The number of hydrogen-bond acceptors (Lipinski definition) is 6. The van der Waals surface area contributed by atoms with Crippen molar-refractivity contribution in [3.8, 4) is 5.75 Å². The van der Waals surface area contributed by atoms with Gasteiger partial charge in [0.25, 0.3) is 0 Å². The first-order valence-electron chi connectivity index (χ1n) is 8.50. The van der Waals surface area contributed by atoms with Crippen LogP contribution in [0.15, 0.2) is 42.5 Å². The van der Waals surface area contributed by atoms with Gasteiger partial charge in [0.1, 0.15) is 17.4 Å². The number of aromatic nitrogens is 2. The van der Waals surface area contributed by atoms with E-state index >= 15 is 0 Å². The minimum atomic E-state index is 0.117. The topological polar surface area (TPSA) is 70.5 Å². The van der Waals surface area contributed by atoms with Crippen LogP contribution in [0.3, 0.4) is 0 Å². The van der Waals surface area contributed by atoms with Crippen molar-refractivity contribution in [1.82, 2.24) is 14.9 Å². The summed E-state index contributed by atoms with van der Waals surface area (Å²) in [5.41, 5.74) is 1.37. The van der Waals surface area contributed by atoms with Gasteiger partial charge in [0.15, 0.2) is 0 Å². The summed E-state index contributed by atoms with van der Waals surface area (Å²) in [4.78, 5) is 11.7. The second-order valence-corrected chi connectivity index (χ2v) is 6.62. The number of phenols is 1. The number of nitrogens with one attached hydrogen (secondary N) is 1. The van der Waals surface area contributed by atoms with Crippen molar-refractivity contribution in [3.63, 3.8) is 0 Å². The number of aromatic hydroxyl groups is 1. The first kappa shape index (κ1) is 17.0. The number of benzene rings is 2. The molecule has 1 aliphatic heterocycles. The maximum Gasteiger partial charge on any atom is 0.145 e. The molecule has 0 amide bonds. The highest BCUT2D eigenvalue weighted by Gasteiger charge is 2.15. The second-order valence-electron chi connectivity index (χ2n) is 6.18. The van der Waals surface area contributed by atoms with Crippen LogP contribution in [0.2, 0.25) is 5.02 Å². The minimum absolute atomic E-state index is 0.117. The Morgan fingerprint density at radius 1 is 1.12 bits per heavy atom. The van der Waals surface area contributed by atoms with Gasteiger partial charge in [0, 0.05) is 23.5 Å². The van der Waals surface area contributed by atoms with Crippen molar-refractivity contribution in [3.05, 3.63) is 53.3 Å². The molecular weight excluding hydrogens is 352 g/mol. The highest BCUT2D eigenvalue weighted by Crippen LogP contribution is 2.31. The first-order valence-corrected chi connectivity index (χ1v) is 8.88. The molecule has 134 valence electrons. The molecule has 1 aliphatic rings. The molecule has 1 saturated heterocycles. The van der Waals surface area contributed by atoms with Gasteiger partial charge in [-0.2, -0.15) is 0 Å². The summed E-state index contributed by atoms with van der Waals surface area (Å²) < 4.78 is 5.40. The molecule has 2 heterocycles. The number of phenolic OH excluding ortho intramolecular Hbond substituents is 1. The lowest BCUT2D eigenvalue weighted by Gasteiger charge is -2.26. The molecule has 26 heavy (non-hydrogen) atoms. The Morgan fingerprint density at radius 3 is 2.77 bits per heavy atom. The van der Waals surface area contributed by atoms with Gasteiger partial charge >= 0.3 is 0 Å². The Bertz CT molecular complexity index is 929. The van der Waals surface area contributed by atoms with E-state index in [9.17, 15) is 5.11 Å². The van der Waals surface area contributed by atoms with Gasteiger partial charge in [-0.15, -0.1) is 0 Å². The van der Waals surface area contributed by atoms with Crippen LogP contribution in [0.4, 0.5) is 11.5 Å². The average Bonchev–Trinajstić information content (AvgIpc) is 2.65. The number of anilines is 2. The standard InChI is InChI=1S/C19H19ClN4O2/c20-13-5-6-17(25)16(11-13)22-19-14-3-1-2-4-15(14)21-18(23-19)12-24-7-9-26-10-8-24/h1-6,11,25H,7-10,12H2,(H,21,22,23). The molecule has 0 atom stereocenters. The molecule has 1 fully saturated rings. The number of rotatable bonds is 4. The molecule has 0 spiro atoms. The molecule has 0 radical (unpaired) electrons. The van der Waals surface area contributed by atoms with Gasteiger partial charge in [-0.1, -0.05) is 23.7 Å². The lowest BCUT2D eigenvalue weighted by atomic mass is 10.2. The van der Waals surface area contributed by atoms with Gasteiger partial charge in [0.05, 0.1) is 31.0 Å². The third-order valence-corrected chi connectivity index (χ3v) is 4.57. The van der Waals surface area contributed by atoms with Crippen LogP contribution in [0, 0.1) is 0 Å². The molecule has 0 saturated carbocycles. The van der Waals surface area contributed by atoms with E-state index < -0.39 is 0 Å². The van der Waals surface area contributed by atoms with Gasteiger partial charge in [-0.05, 0) is 30.3 Å². The number of ether oxygens (including phenoxy) is 1. The van der Waals surface area contributed by atoms with E-state index in [4.69, 9.17) is 21.3 Å². The van der Waals surface area contributed by atoms with E-state index in [0.29, 0.717) is 23.1 Å². The van der Waals surface area contributed by atoms with Crippen molar-refractivity contribution in [2.24, 2.45) is 0 Å². The average molecular weight is 371 g/mol. The molecule has 6 nitrogen and oxygen atoms in total. The Kier molecular flexibility index (Phi) is 4.88. The quantitative estimate of drug-likeness (QED) is 0.684. The molecular formula is C19H19ClN4O2. The number of hydrogen-bond donors (Lipinski definition) is 2. The first-order chi connectivity index (χ1) is 12.7. The maximum absolute atomic E-state index is 10.1. The van der Waals surface area contributed by atoms with Gasteiger partial charge in [-0.25, -0.2) is 9.97 Å². The predicted molar refractivity (Wildman–Crippen MR) is 102 cm³/mol. The molecule has 4 rings (SSSR count). The van der Waals surface area contributed by atoms with Gasteiger partial charge in [-0.3, -0.25) is 4.90 Å². The fraction of sp³-hybridized carbons (Fsp3) is 0.263. The molecule has 3 aromatic rings. The largest absolute Gasteiger partial charge is 0.506 e. The third kappa shape index (κ3) is 3.72. The smallest absolute Gasteiger partial charge is 0.145 e. The van der Waals surface area contributed by atoms with Crippen LogP contribution in [0.25, 0.3) is 10.9 Å². The molecule has 0 bridgehead atoms. The minimum Gasteiger partial charge on any atom is -0.506 e. The number of morpholine rings is 1. The monoisotopic (exact) mass is 370 g/mol. The van der Waals surface area contributed by atoms with E-state index in [1.165, 1.54) is 0 Å². The molecule has 2 aromatic carbocycles. The van der Waals surface area contributed by atoms with Gasteiger partial charge in [0.2, 0.25) is 0 Å². The van der Waals surface area contributed by atoms with Crippen LogP contribution in [0.5, 0.6) is 5.75 Å². The summed E-state index contributed by atoms with van der Waals surface area (Å²) >= 11 is 6.06. The zero-order valence-corrected chi connectivity index (χ0v) is 14.9. The molecule has 0 aliphatic carbocycles. The number of halogens is 1. The Labute approximate surface area is 156 Å². The molecule has 2 N–H and O–H groups in total. The summed E-state index contributed by atoms with van der Waals surface area (Å²) in [5.74, 6) is 1.50. The SMILES string of the molecule is Oc1ccc(Cl)cc1Nc1nc(CN2CCOCC2)nc2ccccc12. The zero-order chi connectivity index (χ0) is 17.9. The second kappa shape index (κ2) is 7.45. The van der Waals surface area contributed by atoms with Crippen molar-refractivity contribution in [2.45, 2.75) is 6.54 Å². The normalized spacial score (nSPS) is 15.3. The van der Waals surface area contributed by atoms with Crippen molar-refractivity contribution in [2.75, 3.05) is 31.6 Å². The van der Waals surface area contributed by atoms with Crippen LogP contribution in [-0.2, 0) is 11.3 Å². The highest BCUT2D eigenvalue weighted by atomic mass is 35.5. The lowest BCUT2D eigenvalue weighted by molar-refractivity contribution is 0.0331. The zero-order valence-electron chi connectivity index (χ0n) is 14.2. The summed E-state index contributed by atoms with van der Waals surface area (Å²) in [6, 6.07) is 12.7. The van der Waals surface area contributed by atoms with Crippen molar-refractivity contribution >= 4 is 34.0 Å². The van der Waals surface area contributed by atoms with E-state index in [-0.39, 0.29) is 5.75 Å². The molecule has 7 heteroatoms. The van der Waals surface area contributed by atoms with E-state index in [0.717, 1.165) is 43.0 Å². The fourth-order valence-corrected chi connectivity index (χ4v) is 3.16. The third-order valence-electron chi connectivity index (χ3n) is 4.33. The lowest BCUT2D eigenvalue weighted by Crippen LogP contribution is -2.36.